The van der Waals surface area contributed by atoms with Crippen LogP contribution in [0.4, 0.5) is 0 Å². The van der Waals surface area contributed by atoms with E-state index in [0.29, 0.717) is 0 Å². The van der Waals surface area contributed by atoms with Gasteiger partial charge in [0.15, 0.2) is 8.32 Å². The van der Waals surface area contributed by atoms with Crippen molar-refractivity contribution in [2.24, 2.45) is 5.92 Å². The highest BCUT2D eigenvalue weighted by Crippen LogP contribution is 2.38. The van der Waals surface area contributed by atoms with Crippen LogP contribution in [0.25, 0.3) is 0 Å². The molecule has 1 aromatic rings. The molecule has 25 heavy (non-hydrogen) atoms. The molecular weight excluding hydrogens is 336 g/mol. The van der Waals surface area contributed by atoms with Crippen molar-refractivity contribution in [3.05, 3.63) is 35.9 Å². The molecule has 0 radical (unpaired) electrons. The Morgan fingerprint density at radius 2 is 1.72 bits per heavy atom. The number of hydrogen-bond acceptors (Lipinski definition) is 4. The summed E-state index contributed by atoms with van der Waals surface area (Å²) in [6.07, 6.45) is -0.750. The highest BCUT2D eigenvalue weighted by atomic mass is 28.4. The SMILES string of the molecule is C[C@@H](O[Si](C)(C)C(C)(C)C)[C@@H](CC(=O)OCc1ccccc1)C(=O)O. The number of esters is 1. The fourth-order valence-electron chi connectivity index (χ4n) is 2.15. The van der Waals surface area contributed by atoms with Gasteiger partial charge in [0.25, 0.3) is 0 Å². The Bertz CT molecular complexity index is 577. The van der Waals surface area contributed by atoms with Gasteiger partial charge in [0, 0.05) is 0 Å². The number of carboxylic acids is 1. The molecule has 1 N–H and O–H groups in total. The number of hydrogen-bond donors (Lipinski definition) is 1. The first-order valence-electron chi connectivity index (χ1n) is 8.54. The Morgan fingerprint density at radius 1 is 1.16 bits per heavy atom. The first kappa shape index (κ1) is 21.4. The van der Waals surface area contributed by atoms with E-state index in [1.165, 1.54) is 0 Å². The highest BCUT2D eigenvalue weighted by molar-refractivity contribution is 6.74. The highest BCUT2D eigenvalue weighted by Gasteiger charge is 2.41. The molecular formula is C19H30O5Si. The molecule has 0 aliphatic heterocycles. The molecule has 0 spiro atoms. The summed E-state index contributed by atoms with van der Waals surface area (Å²) in [4.78, 5) is 23.7. The molecule has 0 bridgehead atoms. The summed E-state index contributed by atoms with van der Waals surface area (Å²) >= 11 is 0. The molecule has 0 heterocycles. The normalized spacial score (nSPS) is 14.6. The second kappa shape index (κ2) is 8.63. The van der Waals surface area contributed by atoms with Gasteiger partial charge in [-0.25, -0.2) is 0 Å². The molecule has 140 valence electrons. The fourth-order valence-corrected chi connectivity index (χ4v) is 3.60. The van der Waals surface area contributed by atoms with Gasteiger partial charge in [-0.1, -0.05) is 51.1 Å². The monoisotopic (exact) mass is 366 g/mol. The average molecular weight is 367 g/mol. The van der Waals surface area contributed by atoms with Crippen LogP contribution in [0.1, 0.15) is 39.7 Å². The number of aliphatic carboxylic acids is 1. The zero-order chi connectivity index (χ0) is 19.3. The van der Waals surface area contributed by atoms with E-state index in [0.717, 1.165) is 5.56 Å². The predicted octanol–water partition coefficient (Wildman–Crippen LogP) is 4.23. The average Bonchev–Trinajstić information content (AvgIpc) is 2.49. The van der Waals surface area contributed by atoms with Gasteiger partial charge in [0.2, 0.25) is 0 Å². The van der Waals surface area contributed by atoms with Gasteiger partial charge < -0.3 is 14.3 Å². The minimum absolute atomic E-state index is 0.0296. The van der Waals surface area contributed by atoms with E-state index in [4.69, 9.17) is 9.16 Å². The first-order chi connectivity index (χ1) is 11.4. The van der Waals surface area contributed by atoms with Gasteiger partial charge in [-0.3, -0.25) is 9.59 Å². The molecule has 0 amide bonds. The van der Waals surface area contributed by atoms with Gasteiger partial charge in [0.1, 0.15) is 6.61 Å². The third-order valence-electron chi connectivity index (χ3n) is 4.80. The van der Waals surface area contributed by atoms with Crippen LogP contribution < -0.4 is 0 Å². The molecule has 0 aromatic heterocycles. The molecule has 0 aliphatic carbocycles. The fraction of sp³-hybridized carbons (Fsp3) is 0.579. The smallest absolute Gasteiger partial charge is 0.309 e. The van der Waals surface area contributed by atoms with Gasteiger partial charge >= 0.3 is 11.9 Å². The molecule has 0 saturated heterocycles. The predicted molar refractivity (Wildman–Crippen MR) is 99.7 cm³/mol. The second-order valence-corrected chi connectivity index (χ2v) is 12.6. The van der Waals surface area contributed by atoms with Gasteiger partial charge in [-0.2, -0.15) is 0 Å². The minimum Gasteiger partial charge on any atom is -0.481 e. The number of rotatable bonds is 8. The van der Waals surface area contributed by atoms with E-state index in [1.807, 2.05) is 30.3 Å². The Morgan fingerprint density at radius 3 is 2.20 bits per heavy atom. The molecule has 1 rings (SSSR count). The Kier molecular flexibility index (Phi) is 7.38. The van der Waals surface area contributed by atoms with E-state index < -0.39 is 32.3 Å². The maximum Gasteiger partial charge on any atom is 0.309 e. The third-order valence-corrected chi connectivity index (χ3v) is 9.37. The Hall–Kier alpha value is -1.66. The van der Waals surface area contributed by atoms with Crippen LogP contribution in [0.2, 0.25) is 18.1 Å². The van der Waals surface area contributed by atoms with Crippen molar-refractivity contribution in [2.45, 2.75) is 65.0 Å². The van der Waals surface area contributed by atoms with Crippen molar-refractivity contribution >= 4 is 20.3 Å². The van der Waals surface area contributed by atoms with E-state index in [1.54, 1.807) is 6.92 Å². The van der Waals surface area contributed by atoms with Crippen LogP contribution in [0, 0.1) is 5.92 Å². The van der Waals surface area contributed by atoms with Crippen LogP contribution in [-0.2, 0) is 25.4 Å². The molecule has 0 unspecified atom stereocenters. The van der Waals surface area contributed by atoms with Gasteiger partial charge in [0.05, 0.1) is 18.4 Å². The third kappa shape index (κ3) is 6.63. The number of carbonyl (C=O) groups excluding carboxylic acids is 1. The number of benzene rings is 1. The molecule has 5 nitrogen and oxygen atoms in total. The second-order valence-electron chi connectivity index (χ2n) is 7.88. The standard InChI is InChI=1S/C19H30O5Si/c1-14(24-25(5,6)19(2,3)4)16(18(21)22)12-17(20)23-13-15-10-8-7-9-11-15/h7-11,14,16H,12-13H2,1-6H3,(H,21,22)/t14-,16-/m1/s1. The molecule has 6 heteroatoms. The van der Waals surface area contributed by atoms with E-state index in [2.05, 4.69) is 33.9 Å². The maximum absolute atomic E-state index is 12.1. The molecule has 2 atom stereocenters. The van der Waals surface area contributed by atoms with Crippen LogP contribution >= 0.6 is 0 Å². The first-order valence-corrected chi connectivity index (χ1v) is 11.4. The summed E-state index contributed by atoms with van der Waals surface area (Å²) < 4.78 is 11.3. The summed E-state index contributed by atoms with van der Waals surface area (Å²) in [5, 5.41) is 9.48. The summed E-state index contributed by atoms with van der Waals surface area (Å²) in [6, 6.07) is 9.30. The summed E-state index contributed by atoms with van der Waals surface area (Å²) in [6.45, 7) is 12.3. The molecule has 0 fully saturated rings. The van der Waals surface area contributed by atoms with Gasteiger partial charge in [-0.15, -0.1) is 0 Å². The van der Waals surface area contributed by atoms with Crippen molar-refractivity contribution in [2.75, 3.05) is 0 Å². The van der Waals surface area contributed by atoms with Crippen molar-refractivity contribution in [3.63, 3.8) is 0 Å². The lowest BCUT2D eigenvalue weighted by Gasteiger charge is -2.39. The van der Waals surface area contributed by atoms with E-state index in [9.17, 15) is 14.7 Å². The number of carbonyl (C=O) groups is 2. The lowest BCUT2D eigenvalue weighted by molar-refractivity contribution is -0.155. The van der Waals surface area contributed by atoms with Gasteiger partial charge in [-0.05, 0) is 30.6 Å². The van der Waals surface area contributed by atoms with E-state index in [-0.39, 0.29) is 18.1 Å². The zero-order valence-corrected chi connectivity index (χ0v) is 17.0. The molecule has 1 aromatic carbocycles. The van der Waals surface area contributed by atoms with Crippen molar-refractivity contribution in [1.29, 1.82) is 0 Å². The zero-order valence-electron chi connectivity index (χ0n) is 16.0. The van der Waals surface area contributed by atoms with E-state index >= 15 is 0 Å². The largest absolute Gasteiger partial charge is 0.481 e. The lowest BCUT2D eigenvalue weighted by Crippen LogP contribution is -2.46. The Balaban J connectivity index is 2.67. The summed E-state index contributed by atoms with van der Waals surface area (Å²) in [5.41, 5.74) is 0.869. The maximum atomic E-state index is 12.1. The number of ether oxygens (including phenoxy) is 1. The molecule has 0 saturated carbocycles. The Labute approximate surface area is 151 Å². The lowest BCUT2D eigenvalue weighted by atomic mass is 10.0. The van der Waals surface area contributed by atoms with Crippen molar-refractivity contribution in [3.8, 4) is 0 Å². The summed E-state index contributed by atoms with van der Waals surface area (Å²) in [5.74, 6) is -2.48. The van der Waals surface area contributed by atoms with Crippen molar-refractivity contribution < 1.29 is 23.9 Å². The minimum atomic E-state index is -2.11. The quantitative estimate of drug-likeness (QED) is 0.550. The van der Waals surface area contributed by atoms with Crippen molar-refractivity contribution in [1.82, 2.24) is 0 Å². The van der Waals surface area contributed by atoms with Crippen LogP contribution in [-0.4, -0.2) is 31.5 Å². The topological polar surface area (TPSA) is 72.8 Å². The number of carboxylic acid groups (broad SMARTS) is 1. The molecule has 0 aliphatic rings. The summed E-state index contributed by atoms with van der Waals surface area (Å²) in [7, 11) is -2.11. The van der Waals surface area contributed by atoms with Crippen LogP contribution in [0.5, 0.6) is 0 Å². The van der Waals surface area contributed by atoms with Crippen LogP contribution in [0.15, 0.2) is 30.3 Å². The van der Waals surface area contributed by atoms with Crippen LogP contribution in [0.3, 0.4) is 0 Å².